The fraction of sp³-hybridized carbons (Fsp3) is 0.500. The largest absolute Gasteiger partial charge is 0.0876 e. The van der Waals surface area contributed by atoms with Crippen molar-refractivity contribution in [2.45, 2.75) is 49.2 Å². The fourth-order valence-corrected chi connectivity index (χ4v) is 2.16. The van der Waals surface area contributed by atoms with Gasteiger partial charge in [0.2, 0.25) is 0 Å². The first-order valence-electron chi connectivity index (χ1n) is 6.42. The van der Waals surface area contributed by atoms with Crippen molar-refractivity contribution in [3.63, 3.8) is 0 Å². The van der Waals surface area contributed by atoms with E-state index < -0.39 is 0 Å². The average molecular weight is 374 g/mol. The van der Waals surface area contributed by atoms with Crippen LogP contribution in [-0.2, 0) is 6.42 Å². The van der Waals surface area contributed by atoms with Gasteiger partial charge in [0, 0.05) is 9.15 Å². The molecule has 0 spiro atoms. The minimum Gasteiger partial charge on any atom is -0.0876 e. The van der Waals surface area contributed by atoms with Crippen molar-refractivity contribution in [3.05, 3.63) is 47.5 Å². The molecule has 0 nitrogen and oxygen atoms in total. The third-order valence-corrected chi connectivity index (χ3v) is 5.84. The highest BCUT2D eigenvalue weighted by atomic mass is 79.9. The Morgan fingerprint density at radius 2 is 1.89 bits per heavy atom. The molecule has 1 rings (SSSR count). The first-order chi connectivity index (χ1) is 8.39. The monoisotopic (exact) mass is 372 g/mol. The summed E-state index contributed by atoms with van der Waals surface area (Å²) >= 11 is 7.45. The number of benzene rings is 1. The van der Waals surface area contributed by atoms with E-state index in [1.807, 2.05) is 0 Å². The molecule has 1 aromatic rings. The Bertz CT molecular complexity index is 374. The van der Waals surface area contributed by atoms with Crippen molar-refractivity contribution >= 4 is 31.9 Å². The number of hydrogen-bond donors (Lipinski definition) is 0. The molecule has 1 aromatic carbocycles. The van der Waals surface area contributed by atoms with Crippen molar-refractivity contribution in [3.8, 4) is 0 Å². The van der Waals surface area contributed by atoms with E-state index in [1.165, 1.54) is 11.1 Å². The molecule has 1 unspecified atom stereocenters. The molecule has 0 N–H and O–H groups in total. The zero-order valence-electron chi connectivity index (χ0n) is 11.4. The molecular weight excluding hydrogens is 352 g/mol. The lowest BCUT2D eigenvalue weighted by atomic mass is 10.0. The molecule has 0 aliphatic rings. The van der Waals surface area contributed by atoms with Gasteiger partial charge in [-0.1, -0.05) is 73.8 Å². The molecule has 0 saturated carbocycles. The minimum atomic E-state index is 0.159. The van der Waals surface area contributed by atoms with Gasteiger partial charge in [0.1, 0.15) is 0 Å². The van der Waals surface area contributed by atoms with Crippen LogP contribution in [0.4, 0.5) is 0 Å². The Morgan fingerprint density at radius 1 is 1.28 bits per heavy atom. The van der Waals surface area contributed by atoms with Crippen molar-refractivity contribution < 1.29 is 0 Å². The van der Waals surface area contributed by atoms with Crippen LogP contribution >= 0.6 is 31.9 Å². The molecule has 18 heavy (non-hydrogen) atoms. The molecule has 0 aliphatic heterocycles. The Labute approximate surface area is 128 Å². The quantitative estimate of drug-likeness (QED) is 0.430. The van der Waals surface area contributed by atoms with Crippen LogP contribution in [0, 0.1) is 0 Å². The highest BCUT2D eigenvalue weighted by Gasteiger charge is 2.23. The summed E-state index contributed by atoms with van der Waals surface area (Å²) in [4.78, 5) is 0.505. The summed E-state index contributed by atoms with van der Waals surface area (Å²) in [5.74, 6) is 0. The van der Waals surface area contributed by atoms with Crippen molar-refractivity contribution in [1.82, 2.24) is 0 Å². The standard InChI is InChI=1S/C16H22Br2/c1-13(10-12-15(17)16(2,3)18)9-11-14-7-5-4-6-8-14/h4-9,15H,10-12H2,1-3H3/b13-9+. The van der Waals surface area contributed by atoms with Crippen LogP contribution in [0.3, 0.4) is 0 Å². The SMILES string of the molecule is C/C(=C\Cc1ccccc1)CCC(Br)C(C)(C)Br. The van der Waals surface area contributed by atoms with Gasteiger partial charge in [-0.15, -0.1) is 0 Å². The highest BCUT2D eigenvalue weighted by Crippen LogP contribution is 2.31. The highest BCUT2D eigenvalue weighted by molar-refractivity contribution is 9.12. The molecular formula is C16H22Br2. The summed E-state index contributed by atoms with van der Waals surface area (Å²) in [5, 5.41) is 0. The Hall–Kier alpha value is -0.0800. The summed E-state index contributed by atoms with van der Waals surface area (Å²) in [6.45, 7) is 6.63. The van der Waals surface area contributed by atoms with E-state index in [0.29, 0.717) is 4.83 Å². The van der Waals surface area contributed by atoms with Gasteiger partial charge in [0.15, 0.2) is 0 Å². The van der Waals surface area contributed by atoms with Crippen LogP contribution in [0.5, 0.6) is 0 Å². The van der Waals surface area contributed by atoms with E-state index in [1.54, 1.807) is 0 Å². The van der Waals surface area contributed by atoms with E-state index in [2.05, 4.69) is 89.0 Å². The van der Waals surface area contributed by atoms with E-state index in [9.17, 15) is 0 Å². The second kappa shape index (κ2) is 7.49. The first kappa shape index (κ1) is 16.0. The number of hydrogen-bond acceptors (Lipinski definition) is 0. The second-order valence-electron chi connectivity index (χ2n) is 5.31. The lowest BCUT2D eigenvalue weighted by molar-refractivity contribution is 0.637. The first-order valence-corrected chi connectivity index (χ1v) is 8.13. The van der Waals surface area contributed by atoms with Crippen molar-refractivity contribution in [2.75, 3.05) is 0 Å². The van der Waals surface area contributed by atoms with Gasteiger partial charge in [-0.2, -0.15) is 0 Å². The summed E-state index contributed by atoms with van der Waals surface area (Å²) < 4.78 is 0.159. The van der Waals surface area contributed by atoms with Crippen molar-refractivity contribution in [2.24, 2.45) is 0 Å². The molecule has 0 bridgehead atoms. The number of halogens is 2. The summed E-state index contributed by atoms with van der Waals surface area (Å²) in [6.07, 6.45) is 5.70. The predicted molar refractivity (Wildman–Crippen MR) is 88.9 cm³/mol. The van der Waals surface area contributed by atoms with Crippen LogP contribution in [-0.4, -0.2) is 9.15 Å². The zero-order valence-corrected chi connectivity index (χ0v) is 14.6. The number of alkyl halides is 2. The van der Waals surface area contributed by atoms with Crippen LogP contribution in [0.1, 0.15) is 39.2 Å². The van der Waals surface area contributed by atoms with Crippen LogP contribution in [0.25, 0.3) is 0 Å². The average Bonchev–Trinajstić information content (AvgIpc) is 2.33. The molecule has 0 aliphatic carbocycles. The molecule has 0 fully saturated rings. The zero-order chi connectivity index (χ0) is 13.6. The maximum atomic E-state index is 3.75. The Balaban J connectivity index is 2.39. The van der Waals surface area contributed by atoms with Crippen molar-refractivity contribution in [1.29, 1.82) is 0 Å². The Morgan fingerprint density at radius 3 is 2.44 bits per heavy atom. The molecule has 1 atom stereocenters. The molecule has 0 radical (unpaired) electrons. The molecule has 0 aromatic heterocycles. The van der Waals surface area contributed by atoms with Gasteiger partial charge in [-0.3, -0.25) is 0 Å². The van der Waals surface area contributed by atoms with Gasteiger partial charge in [-0.25, -0.2) is 0 Å². The van der Waals surface area contributed by atoms with E-state index in [0.717, 1.165) is 19.3 Å². The van der Waals surface area contributed by atoms with E-state index >= 15 is 0 Å². The molecule has 0 amide bonds. The summed E-state index contributed by atoms with van der Waals surface area (Å²) in [5.41, 5.74) is 2.85. The second-order valence-corrected chi connectivity index (χ2v) is 8.46. The van der Waals surface area contributed by atoms with Gasteiger partial charge >= 0.3 is 0 Å². The molecule has 2 heteroatoms. The van der Waals surface area contributed by atoms with Gasteiger partial charge in [-0.05, 0) is 45.6 Å². The third-order valence-electron chi connectivity index (χ3n) is 3.07. The Kier molecular flexibility index (Phi) is 6.65. The molecule has 0 saturated heterocycles. The lowest BCUT2D eigenvalue weighted by Crippen LogP contribution is -2.23. The number of allylic oxidation sites excluding steroid dienone is 2. The maximum absolute atomic E-state index is 3.75. The number of rotatable bonds is 6. The maximum Gasteiger partial charge on any atom is 0.0326 e. The van der Waals surface area contributed by atoms with Crippen LogP contribution < -0.4 is 0 Å². The van der Waals surface area contributed by atoms with E-state index in [-0.39, 0.29) is 4.32 Å². The molecule has 100 valence electrons. The molecule has 0 heterocycles. The lowest BCUT2D eigenvalue weighted by Gasteiger charge is -2.23. The summed E-state index contributed by atoms with van der Waals surface area (Å²) in [7, 11) is 0. The van der Waals surface area contributed by atoms with E-state index in [4.69, 9.17) is 0 Å². The normalized spacial score (nSPS) is 14.6. The third kappa shape index (κ3) is 6.19. The fourth-order valence-electron chi connectivity index (χ4n) is 1.71. The predicted octanol–water partition coefficient (Wildman–Crippen LogP) is 5.89. The van der Waals surface area contributed by atoms with Crippen LogP contribution in [0.15, 0.2) is 42.0 Å². The minimum absolute atomic E-state index is 0.159. The topological polar surface area (TPSA) is 0 Å². The summed E-state index contributed by atoms with van der Waals surface area (Å²) in [6, 6.07) is 10.6. The smallest absolute Gasteiger partial charge is 0.0326 e. The van der Waals surface area contributed by atoms with Crippen LogP contribution in [0.2, 0.25) is 0 Å². The van der Waals surface area contributed by atoms with Gasteiger partial charge in [0.05, 0.1) is 0 Å². The van der Waals surface area contributed by atoms with Gasteiger partial charge < -0.3 is 0 Å². The van der Waals surface area contributed by atoms with Gasteiger partial charge in [0.25, 0.3) is 0 Å².